The second kappa shape index (κ2) is 10.7. The Labute approximate surface area is 234 Å². The molecule has 39 heavy (non-hydrogen) atoms. The van der Waals surface area contributed by atoms with Crippen LogP contribution in [0.2, 0.25) is 0 Å². The highest BCUT2D eigenvalue weighted by Gasteiger charge is 2.38. The molecular formula is C28H28N6O3S2. The lowest BCUT2D eigenvalue weighted by Crippen LogP contribution is -2.33. The number of benzene rings is 1. The number of rotatable bonds is 7. The minimum atomic E-state index is -0.454. The van der Waals surface area contributed by atoms with Crippen LogP contribution in [0.15, 0.2) is 63.2 Å². The number of carbonyl (C=O) groups is 1. The van der Waals surface area contributed by atoms with E-state index in [4.69, 9.17) is 12.2 Å². The normalized spacial score (nSPS) is 14.7. The summed E-state index contributed by atoms with van der Waals surface area (Å²) >= 11 is 6.64. The average Bonchev–Trinajstić information content (AvgIpc) is 3.31. The number of fused-ring (bicyclic) bond motifs is 1. The summed E-state index contributed by atoms with van der Waals surface area (Å²) in [6, 6.07) is 12.9. The summed E-state index contributed by atoms with van der Waals surface area (Å²) < 4.78 is 4.91. The van der Waals surface area contributed by atoms with Gasteiger partial charge in [0.15, 0.2) is 4.32 Å². The third kappa shape index (κ3) is 4.72. The van der Waals surface area contributed by atoms with Gasteiger partial charge in [-0.1, -0.05) is 61.6 Å². The Kier molecular flexibility index (Phi) is 7.28. The van der Waals surface area contributed by atoms with Crippen molar-refractivity contribution in [2.45, 2.75) is 33.6 Å². The lowest BCUT2D eigenvalue weighted by atomic mass is 10.2. The Hall–Kier alpha value is -3.96. The van der Waals surface area contributed by atoms with Crippen LogP contribution in [0.3, 0.4) is 0 Å². The minimum absolute atomic E-state index is 0.192. The van der Waals surface area contributed by atoms with E-state index in [1.807, 2.05) is 43.3 Å². The Morgan fingerprint density at radius 3 is 2.51 bits per heavy atom. The van der Waals surface area contributed by atoms with Crippen LogP contribution in [0.5, 0.6) is 0 Å². The van der Waals surface area contributed by atoms with Crippen LogP contribution in [0, 0.1) is 13.8 Å². The fraction of sp³-hybridized carbons (Fsp3) is 0.250. The van der Waals surface area contributed by atoms with Gasteiger partial charge in [0.1, 0.15) is 17.2 Å². The molecule has 1 aromatic carbocycles. The number of nitrogens with one attached hydrogen (secondary N) is 1. The first-order chi connectivity index (χ1) is 18.7. The molecule has 0 bridgehead atoms. The number of unbranched alkanes of at least 4 members (excludes halogenated alkanes) is 1. The fourth-order valence-corrected chi connectivity index (χ4v) is 5.76. The molecule has 200 valence electrons. The molecule has 0 atom stereocenters. The zero-order valence-corrected chi connectivity index (χ0v) is 23.7. The standard InChI is InChI=1S/C28H28N6O3S2/c1-5-6-14-29-24-20(25(35)32-16-17(2)12-13-22(32)30-24)15-21-26(36)33(28(38)39-21)23-18(3)31(4)34(27(23)37)19-10-8-7-9-11-19/h7-13,15-16,29H,5-6,14H2,1-4H3/b21-15+. The molecule has 1 fully saturated rings. The van der Waals surface area contributed by atoms with Crippen molar-refractivity contribution < 1.29 is 4.79 Å². The molecule has 5 rings (SSSR count). The smallest absolute Gasteiger partial charge is 0.296 e. The maximum atomic E-state index is 13.7. The largest absolute Gasteiger partial charge is 0.369 e. The van der Waals surface area contributed by atoms with Gasteiger partial charge in [-0.05, 0) is 50.1 Å². The number of nitrogens with zero attached hydrogens (tertiary/aromatic N) is 5. The van der Waals surface area contributed by atoms with Crippen molar-refractivity contribution in [3.8, 4) is 5.69 Å². The zero-order chi connectivity index (χ0) is 27.8. The number of para-hydroxylation sites is 1. The summed E-state index contributed by atoms with van der Waals surface area (Å²) in [6.07, 6.45) is 5.13. The molecule has 4 heterocycles. The molecule has 3 aromatic heterocycles. The highest BCUT2D eigenvalue weighted by molar-refractivity contribution is 8.27. The number of thiocarbonyl (C=S) groups is 1. The molecule has 1 aliphatic rings. The molecule has 0 spiro atoms. The van der Waals surface area contributed by atoms with E-state index in [1.165, 1.54) is 20.1 Å². The van der Waals surface area contributed by atoms with Crippen molar-refractivity contribution in [3.05, 3.63) is 91.1 Å². The molecule has 0 aliphatic carbocycles. The highest BCUT2D eigenvalue weighted by atomic mass is 32.2. The summed E-state index contributed by atoms with van der Waals surface area (Å²) in [5.41, 5.74) is 2.48. The molecule has 1 N–H and O–H groups in total. The Morgan fingerprint density at radius 1 is 1.05 bits per heavy atom. The van der Waals surface area contributed by atoms with Gasteiger partial charge in [0, 0.05) is 19.8 Å². The Balaban J connectivity index is 1.61. The van der Waals surface area contributed by atoms with Crippen molar-refractivity contribution in [2.24, 2.45) is 7.05 Å². The van der Waals surface area contributed by atoms with Crippen LogP contribution in [0.4, 0.5) is 11.5 Å². The maximum Gasteiger partial charge on any atom is 0.296 e. The van der Waals surface area contributed by atoms with E-state index < -0.39 is 5.91 Å². The van der Waals surface area contributed by atoms with Crippen LogP contribution in [-0.4, -0.2) is 35.5 Å². The van der Waals surface area contributed by atoms with Crippen LogP contribution in [-0.2, 0) is 11.8 Å². The molecule has 4 aromatic rings. The van der Waals surface area contributed by atoms with Crippen LogP contribution >= 0.6 is 24.0 Å². The lowest BCUT2D eigenvalue weighted by molar-refractivity contribution is -0.113. The number of aromatic nitrogens is 4. The minimum Gasteiger partial charge on any atom is -0.369 e. The second-order valence-electron chi connectivity index (χ2n) is 9.32. The quantitative estimate of drug-likeness (QED) is 0.203. The summed E-state index contributed by atoms with van der Waals surface area (Å²) in [5.74, 6) is -0.0471. The van der Waals surface area contributed by atoms with E-state index in [9.17, 15) is 14.4 Å². The van der Waals surface area contributed by atoms with Gasteiger partial charge >= 0.3 is 0 Å². The SMILES string of the molecule is CCCCNc1nc2ccc(C)cn2c(=O)c1/C=C1/SC(=S)N(c2c(C)n(C)n(-c3ccccc3)c2=O)C1=O. The molecule has 0 radical (unpaired) electrons. The number of amides is 1. The monoisotopic (exact) mass is 560 g/mol. The molecule has 1 amide bonds. The van der Waals surface area contributed by atoms with E-state index in [1.54, 1.807) is 30.9 Å². The van der Waals surface area contributed by atoms with Crippen molar-refractivity contribution in [2.75, 3.05) is 16.8 Å². The predicted molar refractivity (Wildman–Crippen MR) is 161 cm³/mol. The summed E-state index contributed by atoms with van der Waals surface area (Å²) in [6.45, 7) is 6.39. The summed E-state index contributed by atoms with van der Waals surface area (Å²) in [7, 11) is 1.76. The van der Waals surface area contributed by atoms with Crippen LogP contribution in [0.1, 0.15) is 36.6 Å². The first-order valence-corrected chi connectivity index (χ1v) is 13.8. The zero-order valence-electron chi connectivity index (χ0n) is 22.1. The molecule has 11 heteroatoms. The summed E-state index contributed by atoms with van der Waals surface area (Å²) in [5, 5.41) is 3.26. The van der Waals surface area contributed by atoms with Crippen molar-refractivity contribution in [3.63, 3.8) is 0 Å². The number of hydrogen-bond donors (Lipinski definition) is 1. The topological polar surface area (TPSA) is 93.6 Å². The van der Waals surface area contributed by atoms with Crippen molar-refractivity contribution >= 4 is 57.4 Å². The van der Waals surface area contributed by atoms with E-state index in [-0.39, 0.29) is 31.6 Å². The number of anilines is 2. The first kappa shape index (κ1) is 26.6. The number of hydrogen-bond acceptors (Lipinski definition) is 7. The molecule has 1 saturated heterocycles. The van der Waals surface area contributed by atoms with E-state index in [2.05, 4.69) is 17.2 Å². The highest BCUT2D eigenvalue weighted by Crippen LogP contribution is 2.36. The number of carbonyl (C=O) groups excluding carboxylic acids is 1. The Morgan fingerprint density at radius 2 is 1.79 bits per heavy atom. The van der Waals surface area contributed by atoms with Gasteiger partial charge in [-0.25, -0.2) is 9.67 Å². The number of pyridine rings is 1. The number of thioether (sulfide) groups is 1. The predicted octanol–water partition coefficient (Wildman–Crippen LogP) is 4.42. The number of aryl methyl sites for hydroxylation is 1. The fourth-order valence-electron chi connectivity index (χ4n) is 4.51. The lowest BCUT2D eigenvalue weighted by Gasteiger charge is -2.13. The van der Waals surface area contributed by atoms with Gasteiger partial charge in [0.2, 0.25) is 0 Å². The van der Waals surface area contributed by atoms with Gasteiger partial charge in [0.25, 0.3) is 17.0 Å². The van der Waals surface area contributed by atoms with E-state index in [0.717, 1.165) is 30.2 Å². The van der Waals surface area contributed by atoms with Crippen LogP contribution in [0.25, 0.3) is 17.4 Å². The first-order valence-electron chi connectivity index (χ1n) is 12.6. The van der Waals surface area contributed by atoms with Gasteiger partial charge in [0.05, 0.1) is 21.8 Å². The van der Waals surface area contributed by atoms with Gasteiger partial charge in [-0.3, -0.25) is 28.4 Å². The average molecular weight is 561 g/mol. The van der Waals surface area contributed by atoms with Crippen molar-refractivity contribution in [1.29, 1.82) is 0 Å². The van der Waals surface area contributed by atoms with Gasteiger partial charge < -0.3 is 5.32 Å². The van der Waals surface area contributed by atoms with Crippen molar-refractivity contribution in [1.82, 2.24) is 18.7 Å². The van der Waals surface area contributed by atoms with Gasteiger partial charge in [-0.15, -0.1) is 0 Å². The van der Waals surface area contributed by atoms with Gasteiger partial charge in [-0.2, -0.15) is 0 Å². The second-order valence-corrected chi connectivity index (χ2v) is 11.0. The van der Waals surface area contributed by atoms with E-state index in [0.29, 0.717) is 29.4 Å². The van der Waals surface area contributed by atoms with Crippen LogP contribution < -0.4 is 21.3 Å². The molecular weight excluding hydrogens is 532 g/mol. The van der Waals surface area contributed by atoms with E-state index >= 15 is 0 Å². The summed E-state index contributed by atoms with van der Waals surface area (Å²) in [4.78, 5) is 47.1. The molecule has 0 saturated carbocycles. The third-order valence-electron chi connectivity index (χ3n) is 6.64. The molecule has 1 aliphatic heterocycles. The third-order valence-corrected chi connectivity index (χ3v) is 7.95. The molecule has 9 nitrogen and oxygen atoms in total. The Bertz CT molecular complexity index is 1770. The molecule has 0 unspecified atom stereocenters. The maximum absolute atomic E-state index is 13.7.